The predicted molar refractivity (Wildman–Crippen MR) is 266 cm³/mol. The largest absolute Gasteiger partial charge is 0.480 e. The van der Waals surface area contributed by atoms with Crippen molar-refractivity contribution < 1.29 is 73.8 Å². The van der Waals surface area contributed by atoms with Gasteiger partial charge in [-0.25, -0.2) is 0 Å². The smallest absolute Gasteiger partial charge is 0.317 e. The molecule has 2 heterocycles. The molecule has 0 aliphatic carbocycles. The third kappa shape index (κ3) is 32.1. The molecular weight excluding hydrogens is 961 g/mol. The van der Waals surface area contributed by atoms with E-state index in [1.165, 1.54) is 0 Å². The molecule has 73 heavy (non-hydrogen) atoms. The van der Waals surface area contributed by atoms with Crippen LogP contribution in [0.5, 0.6) is 0 Å². The normalized spacial score (nSPS) is 18.3. The van der Waals surface area contributed by atoms with E-state index >= 15 is 0 Å². The average Bonchev–Trinajstić information content (AvgIpc) is 3.29. The predicted octanol–water partition coefficient (Wildman–Crippen LogP) is -4.40. The number of nitrogens with zero attached hydrogens (tertiary/aromatic N) is 9. The summed E-state index contributed by atoms with van der Waals surface area (Å²) in [5.41, 5.74) is 0. The van der Waals surface area contributed by atoms with Crippen molar-refractivity contribution in [1.82, 2.24) is 60.0 Å². The fraction of sp³-hybridized carbons (Fsp3) is 0.804. The quantitative estimate of drug-likeness (QED) is 0.0296. The number of rotatable bonds is 31. The zero-order valence-corrected chi connectivity index (χ0v) is 43.0. The molecule has 27 nitrogen and oxygen atoms in total. The van der Waals surface area contributed by atoms with Crippen molar-refractivity contribution in [3.63, 3.8) is 0 Å². The minimum atomic E-state index is -1.05. The molecule has 27 heteroatoms. The van der Waals surface area contributed by atoms with Crippen LogP contribution in [-0.4, -0.2) is 331 Å². The Morgan fingerprint density at radius 2 is 0.616 bits per heavy atom. The second-order valence-electron chi connectivity index (χ2n) is 18.8. The summed E-state index contributed by atoms with van der Waals surface area (Å²) in [5.74, 6) is -6.71. The first-order valence-electron chi connectivity index (χ1n) is 25.2. The molecule has 2 fully saturated rings. The number of unbranched alkanes of at least 4 members (excludes halogenated alkanes) is 1. The minimum Gasteiger partial charge on any atom is -0.480 e. The molecule has 0 aromatic carbocycles. The average molecular weight is 1050 g/mol. The van der Waals surface area contributed by atoms with Gasteiger partial charge in [-0.3, -0.25) is 82.4 Å². The van der Waals surface area contributed by atoms with Gasteiger partial charge in [0.05, 0.1) is 58.4 Å². The van der Waals surface area contributed by atoms with Gasteiger partial charge in [0.2, 0.25) is 11.8 Å². The van der Waals surface area contributed by atoms with Crippen molar-refractivity contribution in [2.45, 2.75) is 45.1 Å². The van der Waals surface area contributed by atoms with Crippen molar-refractivity contribution in [3.05, 3.63) is 0 Å². The van der Waals surface area contributed by atoms with Crippen LogP contribution in [0, 0.1) is 0 Å². The van der Waals surface area contributed by atoms with Gasteiger partial charge in [0.1, 0.15) is 5.78 Å². The molecule has 1 atom stereocenters. The van der Waals surface area contributed by atoms with Gasteiger partial charge in [0.15, 0.2) is 0 Å². The maximum Gasteiger partial charge on any atom is 0.317 e. The van der Waals surface area contributed by atoms with E-state index in [0.717, 1.165) is 12.8 Å². The number of nitrogens with one attached hydrogen (secondary N) is 3. The van der Waals surface area contributed by atoms with Crippen molar-refractivity contribution in [1.29, 1.82) is 0 Å². The summed E-state index contributed by atoms with van der Waals surface area (Å²) in [6.45, 7) is 7.05. The Labute approximate surface area is 428 Å². The Kier molecular flexibility index (Phi) is 32.4. The van der Waals surface area contributed by atoms with Gasteiger partial charge in [0.25, 0.3) is 0 Å². The number of carboxylic acid groups (broad SMARTS) is 6. The number of carboxylic acids is 6. The number of carbonyl (C=O) groups excluding carboxylic acids is 3. The van der Waals surface area contributed by atoms with E-state index in [4.69, 9.17) is 0 Å². The molecule has 0 spiro atoms. The molecule has 2 amide bonds. The van der Waals surface area contributed by atoms with E-state index in [0.29, 0.717) is 78.2 Å². The lowest BCUT2D eigenvalue weighted by atomic mass is 10.1. The highest BCUT2D eigenvalue weighted by molar-refractivity contribution is 5.81. The van der Waals surface area contributed by atoms with Crippen LogP contribution in [0.25, 0.3) is 0 Å². The second-order valence-corrected chi connectivity index (χ2v) is 18.8. The number of amides is 2. The second kappa shape index (κ2) is 36.9. The van der Waals surface area contributed by atoms with Crippen LogP contribution < -0.4 is 16.0 Å². The summed E-state index contributed by atoms with van der Waals surface area (Å²) >= 11 is 0. The zero-order valence-electron chi connectivity index (χ0n) is 43.0. The number of likely N-dealkylation sites (N-methyl/N-ethyl adjacent to an activating group) is 1. The number of carbonyl (C=O) groups is 9. The zero-order chi connectivity index (χ0) is 54.1. The SMILES string of the molecule is CNC(CCCCN(CCCNC(=O)CN1CCN(CC(=O)O)CCN(CC(=O)O)CCN(CC(=O)O)CC1)CCCNC(=O)CN1CCN(CC(=O)O)CCN(CC(=O)O)CCN(CC(=O)O)CC1)C(C)=O. The van der Waals surface area contributed by atoms with Crippen molar-refractivity contribution in [3.8, 4) is 0 Å². The summed E-state index contributed by atoms with van der Waals surface area (Å²) in [6.07, 6.45) is 3.47. The maximum atomic E-state index is 13.3. The standard InChI is InChI=1S/C46H84N12O15/c1-37(59)38(47-2)7-3-4-10-50(11-5-8-48-39(60)29-51-13-17-53(31-41(62)63)21-25-57(35-45(70)71)26-22-54(18-14-51)32-42(64)65)12-6-9-49-40(61)30-52-15-19-55(33-43(66)67)23-27-58(36-46(72)73)28-24-56(20-16-52)34-44(68)69/h38,47H,3-36H2,1-2H3,(H,48,60)(H,49,61)(H,62,63)(H,64,65)(H,66,67)(H,68,69)(H,70,71)(H,72,73). The molecule has 0 aromatic rings. The molecule has 1 unspecified atom stereocenters. The number of aliphatic carboxylic acids is 6. The van der Waals surface area contributed by atoms with E-state index in [2.05, 4.69) is 20.9 Å². The summed E-state index contributed by atoms with van der Waals surface area (Å²) in [6, 6.07) is -0.240. The Bertz CT molecular complexity index is 1560. The highest BCUT2D eigenvalue weighted by Gasteiger charge is 2.24. The fourth-order valence-corrected chi connectivity index (χ4v) is 8.72. The lowest BCUT2D eigenvalue weighted by Gasteiger charge is -2.32. The number of Topliss-reactive ketones (excluding diaryl/α,β-unsaturated/α-hetero) is 1. The van der Waals surface area contributed by atoms with E-state index in [9.17, 15) is 73.8 Å². The van der Waals surface area contributed by atoms with E-state index in [-0.39, 0.29) is 155 Å². The molecule has 0 aromatic heterocycles. The van der Waals surface area contributed by atoms with Crippen LogP contribution in [0.3, 0.4) is 0 Å². The number of hydrogen-bond donors (Lipinski definition) is 9. The van der Waals surface area contributed by atoms with Gasteiger partial charge >= 0.3 is 35.8 Å². The molecule has 418 valence electrons. The highest BCUT2D eigenvalue weighted by atomic mass is 16.4. The third-order valence-electron chi connectivity index (χ3n) is 12.8. The summed E-state index contributed by atoms with van der Waals surface area (Å²) in [4.78, 5) is 124. The lowest BCUT2D eigenvalue weighted by Crippen LogP contribution is -2.50. The van der Waals surface area contributed by atoms with E-state index in [1.54, 1.807) is 43.4 Å². The molecule has 0 bridgehead atoms. The van der Waals surface area contributed by atoms with Crippen molar-refractivity contribution in [2.24, 2.45) is 0 Å². The Morgan fingerprint density at radius 1 is 0.384 bits per heavy atom. The van der Waals surface area contributed by atoms with Crippen LogP contribution in [0.1, 0.15) is 39.0 Å². The highest BCUT2D eigenvalue weighted by Crippen LogP contribution is 2.07. The Balaban J connectivity index is 2.04. The maximum absolute atomic E-state index is 13.3. The summed E-state index contributed by atoms with van der Waals surface area (Å²) < 4.78 is 0. The molecule has 0 saturated carbocycles. The van der Waals surface area contributed by atoms with Crippen LogP contribution in [0.2, 0.25) is 0 Å². The van der Waals surface area contributed by atoms with E-state index < -0.39 is 35.8 Å². The molecule has 0 radical (unpaired) electrons. The van der Waals surface area contributed by atoms with Gasteiger partial charge in [0, 0.05) is 118 Å². The van der Waals surface area contributed by atoms with Crippen LogP contribution >= 0.6 is 0 Å². The summed E-state index contributed by atoms with van der Waals surface area (Å²) in [5, 5.41) is 66.1. The molecule has 2 aliphatic heterocycles. The molecule has 2 rings (SSSR count). The fourth-order valence-electron chi connectivity index (χ4n) is 8.72. The molecular formula is C46H84N12O15. The Morgan fingerprint density at radius 3 is 0.836 bits per heavy atom. The summed E-state index contributed by atoms with van der Waals surface area (Å²) in [7, 11) is 1.75. The monoisotopic (exact) mass is 1040 g/mol. The van der Waals surface area contributed by atoms with Crippen LogP contribution in [0.15, 0.2) is 0 Å². The van der Waals surface area contributed by atoms with Crippen LogP contribution in [-0.2, 0) is 43.2 Å². The van der Waals surface area contributed by atoms with Gasteiger partial charge < -0.3 is 51.5 Å². The topological polar surface area (TPSA) is 340 Å². The minimum absolute atomic E-state index is 0.00883. The van der Waals surface area contributed by atoms with Gasteiger partial charge in [-0.05, 0) is 59.3 Å². The third-order valence-corrected chi connectivity index (χ3v) is 12.8. The van der Waals surface area contributed by atoms with Gasteiger partial charge in [-0.2, -0.15) is 0 Å². The van der Waals surface area contributed by atoms with Crippen molar-refractivity contribution >= 4 is 53.4 Å². The number of ketones is 1. The molecule has 2 aliphatic rings. The van der Waals surface area contributed by atoms with Gasteiger partial charge in [-0.15, -0.1) is 0 Å². The van der Waals surface area contributed by atoms with Gasteiger partial charge in [-0.1, -0.05) is 6.42 Å². The van der Waals surface area contributed by atoms with Crippen LogP contribution in [0.4, 0.5) is 0 Å². The first-order chi connectivity index (χ1) is 34.7. The molecule has 9 N–H and O–H groups in total. The first kappa shape index (κ1) is 64.1. The lowest BCUT2D eigenvalue weighted by molar-refractivity contribution is -0.140. The van der Waals surface area contributed by atoms with Crippen molar-refractivity contribution in [2.75, 3.05) is 197 Å². The Hall–Kier alpha value is -4.97. The van der Waals surface area contributed by atoms with E-state index in [1.807, 2.05) is 9.80 Å². The number of hydrogen-bond acceptors (Lipinski definition) is 19. The molecule has 2 saturated heterocycles. The first-order valence-corrected chi connectivity index (χ1v) is 25.2.